The van der Waals surface area contributed by atoms with Crippen LogP contribution in [-0.2, 0) is 6.18 Å². The fourth-order valence-electron chi connectivity index (χ4n) is 2.32. The number of rotatable bonds is 4. The predicted octanol–water partition coefficient (Wildman–Crippen LogP) is 7.11. The molecule has 0 radical (unpaired) electrons. The highest BCUT2D eigenvalue weighted by atomic mass is 35.5. The maximum absolute atomic E-state index is 13.2. The zero-order valence-electron chi connectivity index (χ0n) is 13.9. The third-order valence-corrected chi connectivity index (χ3v) is 5.02. The summed E-state index contributed by atoms with van der Waals surface area (Å²) in [4.78, 5) is 4.38. The van der Waals surface area contributed by atoms with E-state index in [-0.39, 0.29) is 16.3 Å². The summed E-state index contributed by atoms with van der Waals surface area (Å²) in [5.74, 6) is 0. The van der Waals surface area contributed by atoms with Crippen molar-refractivity contribution in [1.29, 1.82) is 5.26 Å². The van der Waals surface area contributed by atoms with Gasteiger partial charge in [0.05, 0.1) is 16.9 Å². The second kappa shape index (κ2) is 8.23. The van der Waals surface area contributed by atoms with Crippen LogP contribution in [0.2, 0.25) is 10.0 Å². The lowest BCUT2D eigenvalue weighted by atomic mass is 10.1. The van der Waals surface area contributed by atoms with Gasteiger partial charge in [-0.1, -0.05) is 35.3 Å². The van der Waals surface area contributed by atoms with E-state index >= 15 is 0 Å². The molecule has 0 amide bonds. The molecule has 0 unspecified atom stereocenters. The van der Waals surface area contributed by atoms with Crippen molar-refractivity contribution in [1.82, 2.24) is 4.98 Å². The molecule has 9 heteroatoms. The highest BCUT2D eigenvalue weighted by Gasteiger charge is 2.33. The number of allylic oxidation sites excluding steroid dienone is 1. The van der Waals surface area contributed by atoms with Gasteiger partial charge >= 0.3 is 6.18 Å². The molecular weight excluding hydrogens is 430 g/mol. The van der Waals surface area contributed by atoms with Gasteiger partial charge in [0, 0.05) is 27.2 Å². The van der Waals surface area contributed by atoms with Crippen molar-refractivity contribution in [3.8, 4) is 17.3 Å². The van der Waals surface area contributed by atoms with Crippen molar-refractivity contribution >= 4 is 45.8 Å². The molecular formula is C19H10Cl2F3N3S. The summed E-state index contributed by atoms with van der Waals surface area (Å²) < 4.78 is 39.5. The monoisotopic (exact) mass is 439 g/mol. The summed E-state index contributed by atoms with van der Waals surface area (Å²) in [6.45, 7) is 0. The molecule has 0 aliphatic heterocycles. The maximum atomic E-state index is 13.2. The van der Waals surface area contributed by atoms with E-state index in [2.05, 4.69) is 10.3 Å². The van der Waals surface area contributed by atoms with Crippen LogP contribution >= 0.6 is 34.5 Å². The fraction of sp³-hybridized carbons (Fsp3) is 0.0526. The Labute approximate surface area is 172 Å². The molecule has 3 rings (SSSR count). The molecule has 0 aliphatic rings. The minimum atomic E-state index is -4.59. The van der Waals surface area contributed by atoms with Gasteiger partial charge in [-0.3, -0.25) is 0 Å². The Balaban J connectivity index is 1.88. The first kappa shape index (κ1) is 20.2. The molecule has 1 aromatic heterocycles. The molecule has 0 spiro atoms. The van der Waals surface area contributed by atoms with Crippen LogP contribution in [0.1, 0.15) is 10.6 Å². The minimum absolute atomic E-state index is 0.0325. The first-order chi connectivity index (χ1) is 13.3. The van der Waals surface area contributed by atoms with Crippen LogP contribution in [0.4, 0.5) is 18.9 Å². The maximum Gasteiger partial charge on any atom is 0.418 e. The molecule has 1 N–H and O–H groups in total. The lowest BCUT2D eigenvalue weighted by Crippen LogP contribution is -2.08. The Morgan fingerprint density at radius 1 is 1.11 bits per heavy atom. The molecule has 2 aromatic carbocycles. The van der Waals surface area contributed by atoms with E-state index < -0.39 is 11.7 Å². The average Bonchev–Trinajstić information content (AvgIpc) is 3.13. The number of thiazole rings is 1. The van der Waals surface area contributed by atoms with Gasteiger partial charge in [-0.25, -0.2) is 4.98 Å². The lowest BCUT2D eigenvalue weighted by molar-refractivity contribution is -0.136. The van der Waals surface area contributed by atoms with Crippen LogP contribution in [0.25, 0.3) is 16.8 Å². The highest BCUT2D eigenvalue weighted by Crippen LogP contribution is 2.37. The van der Waals surface area contributed by atoms with Crippen LogP contribution in [0.5, 0.6) is 0 Å². The predicted molar refractivity (Wildman–Crippen MR) is 106 cm³/mol. The van der Waals surface area contributed by atoms with Gasteiger partial charge in [0.2, 0.25) is 0 Å². The Morgan fingerprint density at radius 2 is 1.79 bits per heavy atom. The van der Waals surface area contributed by atoms with E-state index in [0.29, 0.717) is 15.7 Å². The van der Waals surface area contributed by atoms with Crippen molar-refractivity contribution in [3.05, 3.63) is 74.7 Å². The van der Waals surface area contributed by atoms with E-state index in [0.717, 1.165) is 11.6 Å². The van der Waals surface area contributed by atoms with E-state index in [1.807, 2.05) is 6.07 Å². The largest absolute Gasteiger partial charge is 0.418 e. The third kappa shape index (κ3) is 4.65. The number of aromatic nitrogens is 1. The first-order valence-corrected chi connectivity index (χ1v) is 9.37. The Hall–Kier alpha value is -2.53. The normalized spacial score (nSPS) is 11.9. The molecule has 142 valence electrons. The molecule has 0 aliphatic carbocycles. The molecule has 0 fully saturated rings. The standard InChI is InChI=1S/C19H10Cl2F3N3S/c20-13-3-1-11(2-4-13)17-10-28-18(27-17)12(8-25)9-26-16-6-5-14(21)7-15(16)19(22,23)24/h1-7,9-10,26H/b12-9-. The first-order valence-electron chi connectivity index (χ1n) is 7.73. The number of halogens is 5. The van der Waals surface area contributed by atoms with Crippen molar-refractivity contribution in [3.63, 3.8) is 0 Å². The van der Waals surface area contributed by atoms with Crippen molar-refractivity contribution in [2.75, 3.05) is 5.32 Å². The summed E-state index contributed by atoms with van der Waals surface area (Å²) in [5, 5.41) is 14.6. The number of hydrogen-bond donors (Lipinski definition) is 1. The van der Waals surface area contributed by atoms with Crippen molar-refractivity contribution in [2.24, 2.45) is 0 Å². The Morgan fingerprint density at radius 3 is 2.43 bits per heavy atom. The van der Waals surface area contributed by atoms with Gasteiger partial charge in [-0.2, -0.15) is 18.4 Å². The van der Waals surface area contributed by atoms with E-state index in [4.69, 9.17) is 23.2 Å². The second-order valence-electron chi connectivity index (χ2n) is 5.55. The summed E-state index contributed by atoms with van der Waals surface area (Å²) in [5.41, 5.74) is 0.427. The van der Waals surface area contributed by atoms with Gasteiger partial charge in [0.15, 0.2) is 0 Å². The van der Waals surface area contributed by atoms with Gasteiger partial charge in [0.1, 0.15) is 16.6 Å². The molecule has 0 saturated carbocycles. The van der Waals surface area contributed by atoms with Gasteiger partial charge in [-0.05, 0) is 30.3 Å². The van der Waals surface area contributed by atoms with Gasteiger partial charge in [0.25, 0.3) is 0 Å². The third-order valence-electron chi connectivity index (χ3n) is 3.65. The lowest BCUT2D eigenvalue weighted by Gasteiger charge is -2.13. The van der Waals surface area contributed by atoms with Crippen LogP contribution in [-0.4, -0.2) is 4.98 Å². The molecule has 0 bridgehead atoms. The quantitative estimate of drug-likeness (QED) is 0.440. The van der Waals surface area contributed by atoms with Gasteiger partial charge < -0.3 is 5.32 Å². The van der Waals surface area contributed by atoms with Crippen LogP contribution < -0.4 is 5.32 Å². The molecule has 3 nitrogen and oxygen atoms in total. The van der Waals surface area contributed by atoms with E-state index in [1.54, 1.807) is 29.6 Å². The SMILES string of the molecule is N#C/C(=C/Nc1ccc(Cl)cc1C(F)(F)F)c1nc(-c2ccc(Cl)cc2)cs1. The van der Waals surface area contributed by atoms with Crippen LogP contribution in [0, 0.1) is 11.3 Å². The molecule has 0 atom stereocenters. The Kier molecular flexibility index (Phi) is 5.94. The number of anilines is 1. The number of nitriles is 1. The topological polar surface area (TPSA) is 48.7 Å². The smallest absolute Gasteiger partial charge is 0.360 e. The summed E-state index contributed by atoms with van der Waals surface area (Å²) in [6.07, 6.45) is -3.39. The molecule has 3 aromatic rings. The Bertz CT molecular complexity index is 1070. The second-order valence-corrected chi connectivity index (χ2v) is 7.28. The van der Waals surface area contributed by atoms with Crippen molar-refractivity contribution in [2.45, 2.75) is 6.18 Å². The van der Waals surface area contributed by atoms with Crippen molar-refractivity contribution < 1.29 is 13.2 Å². The minimum Gasteiger partial charge on any atom is -0.360 e. The van der Waals surface area contributed by atoms with Crippen LogP contribution in [0.15, 0.2) is 54.0 Å². The molecule has 28 heavy (non-hydrogen) atoms. The fourth-order valence-corrected chi connectivity index (χ4v) is 3.41. The zero-order valence-corrected chi connectivity index (χ0v) is 16.2. The summed E-state index contributed by atoms with van der Waals surface area (Å²) in [7, 11) is 0. The van der Waals surface area contributed by atoms with Gasteiger partial charge in [-0.15, -0.1) is 11.3 Å². The highest BCUT2D eigenvalue weighted by molar-refractivity contribution is 7.11. The number of alkyl halides is 3. The van der Waals surface area contributed by atoms with Crippen LogP contribution in [0.3, 0.4) is 0 Å². The number of hydrogen-bond acceptors (Lipinski definition) is 4. The van der Waals surface area contributed by atoms with E-state index in [1.165, 1.54) is 29.7 Å². The summed E-state index contributed by atoms with van der Waals surface area (Å²) in [6, 6.07) is 12.3. The number of nitrogens with one attached hydrogen (secondary N) is 1. The number of nitrogens with zero attached hydrogens (tertiary/aromatic N) is 2. The average molecular weight is 440 g/mol. The number of benzene rings is 2. The zero-order chi connectivity index (χ0) is 20.3. The molecule has 1 heterocycles. The summed E-state index contributed by atoms with van der Waals surface area (Å²) >= 11 is 12.7. The molecule has 0 saturated heterocycles. The van der Waals surface area contributed by atoms with E-state index in [9.17, 15) is 18.4 Å².